The Hall–Kier alpha value is -1.29. The van der Waals surface area contributed by atoms with Crippen molar-refractivity contribution in [3.05, 3.63) is 23.2 Å². The summed E-state index contributed by atoms with van der Waals surface area (Å²) in [5, 5.41) is 9.19. The summed E-state index contributed by atoms with van der Waals surface area (Å²) in [5.41, 5.74) is 0.623. The first-order chi connectivity index (χ1) is 7.63. The molecule has 16 heavy (non-hydrogen) atoms. The van der Waals surface area contributed by atoms with Gasteiger partial charge in [-0.15, -0.1) is 0 Å². The van der Waals surface area contributed by atoms with Crippen LogP contribution in [-0.2, 0) is 0 Å². The summed E-state index contributed by atoms with van der Waals surface area (Å²) in [5.74, 6) is 1.39. The van der Waals surface area contributed by atoms with Crippen LogP contribution in [0.15, 0.2) is 10.5 Å². The van der Waals surface area contributed by atoms with Crippen LogP contribution in [0.5, 0.6) is 0 Å². The smallest absolute Gasteiger partial charge is 0.257 e. The van der Waals surface area contributed by atoms with Crippen molar-refractivity contribution >= 4 is 5.91 Å². The molecule has 1 saturated heterocycles. The van der Waals surface area contributed by atoms with Crippen molar-refractivity contribution in [1.82, 2.24) is 4.90 Å². The molecule has 0 aliphatic carbocycles. The van der Waals surface area contributed by atoms with Crippen LogP contribution in [0.4, 0.5) is 0 Å². The van der Waals surface area contributed by atoms with Gasteiger partial charge in [0.2, 0.25) is 0 Å². The van der Waals surface area contributed by atoms with Gasteiger partial charge in [-0.05, 0) is 32.8 Å². The summed E-state index contributed by atoms with van der Waals surface area (Å²) < 4.78 is 5.35. The molecule has 1 aromatic rings. The zero-order valence-electron chi connectivity index (χ0n) is 9.69. The van der Waals surface area contributed by atoms with Gasteiger partial charge in [0.1, 0.15) is 11.5 Å². The summed E-state index contributed by atoms with van der Waals surface area (Å²) in [4.78, 5) is 14.0. The fraction of sp³-hybridized carbons (Fsp3) is 0.583. The van der Waals surface area contributed by atoms with Crippen LogP contribution in [-0.4, -0.2) is 35.1 Å². The Morgan fingerprint density at radius 3 is 2.94 bits per heavy atom. The number of aliphatic hydroxyl groups excluding tert-OH is 1. The number of hydrogen-bond acceptors (Lipinski definition) is 3. The maximum Gasteiger partial charge on any atom is 0.257 e. The van der Waals surface area contributed by atoms with E-state index in [4.69, 9.17) is 4.42 Å². The normalized spacial score (nSPS) is 20.4. The van der Waals surface area contributed by atoms with Crippen molar-refractivity contribution in [2.75, 3.05) is 13.2 Å². The summed E-state index contributed by atoms with van der Waals surface area (Å²) in [7, 11) is 0. The molecule has 0 bridgehead atoms. The zero-order valence-corrected chi connectivity index (χ0v) is 9.69. The molecular formula is C12H17NO3. The number of nitrogens with zero attached hydrogens (tertiary/aromatic N) is 1. The predicted molar refractivity (Wildman–Crippen MR) is 59.3 cm³/mol. The average Bonchev–Trinajstić information content (AvgIpc) is 2.83. The maximum absolute atomic E-state index is 12.2. The minimum atomic E-state index is -0.0258. The van der Waals surface area contributed by atoms with Crippen LogP contribution in [0.25, 0.3) is 0 Å². The lowest BCUT2D eigenvalue weighted by molar-refractivity contribution is 0.0676. The minimum absolute atomic E-state index is 0.0223. The first-order valence-corrected chi connectivity index (χ1v) is 5.62. The highest BCUT2D eigenvalue weighted by atomic mass is 16.3. The molecule has 4 heteroatoms. The standard InChI is InChI=1S/C12H17NO3/c1-8-6-11(9(2)16-8)12(15)13-5-3-4-10(13)7-14/h6,10,14H,3-5,7H2,1-2H3/t10-/m0/s1. The van der Waals surface area contributed by atoms with Crippen LogP contribution >= 0.6 is 0 Å². The SMILES string of the molecule is Cc1cc(C(=O)N2CCC[C@H]2CO)c(C)o1. The largest absolute Gasteiger partial charge is 0.466 e. The van der Waals surface area contributed by atoms with E-state index >= 15 is 0 Å². The van der Waals surface area contributed by atoms with E-state index in [0.717, 1.165) is 25.1 Å². The summed E-state index contributed by atoms with van der Waals surface area (Å²) >= 11 is 0. The van der Waals surface area contributed by atoms with Gasteiger partial charge in [0.25, 0.3) is 5.91 Å². The van der Waals surface area contributed by atoms with Crippen LogP contribution in [0.2, 0.25) is 0 Å². The Kier molecular flexibility index (Phi) is 3.01. The Labute approximate surface area is 94.9 Å². The zero-order chi connectivity index (χ0) is 11.7. The van der Waals surface area contributed by atoms with E-state index in [1.165, 1.54) is 0 Å². The molecular weight excluding hydrogens is 206 g/mol. The number of furan rings is 1. The fourth-order valence-corrected chi connectivity index (χ4v) is 2.29. The van der Waals surface area contributed by atoms with E-state index in [1.807, 2.05) is 6.92 Å². The molecule has 1 aliphatic heterocycles. The third-order valence-electron chi connectivity index (χ3n) is 3.12. The van der Waals surface area contributed by atoms with Gasteiger partial charge in [-0.2, -0.15) is 0 Å². The maximum atomic E-state index is 12.2. The van der Waals surface area contributed by atoms with Gasteiger partial charge in [0, 0.05) is 6.54 Å². The van der Waals surface area contributed by atoms with Gasteiger partial charge < -0.3 is 14.4 Å². The molecule has 2 rings (SSSR count). The fourth-order valence-electron chi connectivity index (χ4n) is 2.29. The molecule has 88 valence electrons. The number of carbonyl (C=O) groups is 1. The van der Waals surface area contributed by atoms with Crippen LogP contribution in [0.1, 0.15) is 34.7 Å². The third-order valence-corrected chi connectivity index (χ3v) is 3.12. The molecule has 1 aliphatic rings. The summed E-state index contributed by atoms with van der Waals surface area (Å²) in [6.45, 7) is 4.40. The molecule has 0 aromatic carbocycles. The molecule has 0 unspecified atom stereocenters. The van der Waals surface area contributed by atoms with Gasteiger partial charge in [0.15, 0.2) is 0 Å². The first-order valence-electron chi connectivity index (χ1n) is 5.62. The van der Waals surface area contributed by atoms with E-state index < -0.39 is 0 Å². The van der Waals surface area contributed by atoms with E-state index in [2.05, 4.69) is 0 Å². The van der Waals surface area contributed by atoms with E-state index in [0.29, 0.717) is 11.3 Å². The topological polar surface area (TPSA) is 53.7 Å². The second kappa shape index (κ2) is 4.29. The Morgan fingerprint density at radius 1 is 1.62 bits per heavy atom. The molecule has 1 atom stereocenters. The van der Waals surface area contributed by atoms with Crippen LogP contribution < -0.4 is 0 Å². The van der Waals surface area contributed by atoms with Crippen molar-refractivity contribution < 1.29 is 14.3 Å². The Balaban J connectivity index is 2.21. The number of amides is 1. The summed E-state index contributed by atoms with van der Waals surface area (Å²) in [6.07, 6.45) is 1.85. The second-order valence-electron chi connectivity index (χ2n) is 4.30. The van der Waals surface area contributed by atoms with Gasteiger partial charge in [-0.3, -0.25) is 4.79 Å². The van der Waals surface area contributed by atoms with E-state index in [9.17, 15) is 9.90 Å². The molecule has 4 nitrogen and oxygen atoms in total. The second-order valence-corrected chi connectivity index (χ2v) is 4.30. The molecule has 0 spiro atoms. The van der Waals surface area contributed by atoms with Gasteiger partial charge in [0.05, 0.1) is 18.2 Å². The molecule has 0 radical (unpaired) electrons. The number of carbonyl (C=O) groups excluding carboxylic acids is 1. The number of rotatable bonds is 2. The van der Waals surface area contributed by atoms with Crippen LogP contribution in [0.3, 0.4) is 0 Å². The first kappa shape index (κ1) is 11.2. The monoisotopic (exact) mass is 223 g/mol. The van der Waals surface area contributed by atoms with E-state index in [1.54, 1.807) is 17.9 Å². The van der Waals surface area contributed by atoms with Crippen molar-refractivity contribution in [3.63, 3.8) is 0 Å². The molecule has 1 amide bonds. The predicted octanol–water partition coefficient (Wildman–Crippen LogP) is 1.49. The molecule has 1 fully saturated rings. The quantitative estimate of drug-likeness (QED) is 0.826. The van der Waals surface area contributed by atoms with Crippen molar-refractivity contribution in [1.29, 1.82) is 0 Å². The van der Waals surface area contributed by atoms with Crippen LogP contribution in [0, 0.1) is 13.8 Å². The van der Waals surface area contributed by atoms with Crippen molar-refractivity contribution in [3.8, 4) is 0 Å². The Morgan fingerprint density at radius 2 is 2.38 bits per heavy atom. The average molecular weight is 223 g/mol. The number of hydrogen-bond donors (Lipinski definition) is 1. The van der Waals surface area contributed by atoms with Crippen molar-refractivity contribution in [2.24, 2.45) is 0 Å². The molecule has 1 aromatic heterocycles. The minimum Gasteiger partial charge on any atom is -0.466 e. The lowest BCUT2D eigenvalue weighted by atomic mass is 10.2. The Bertz CT molecular complexity index is 397. The van der Waals surface area contributed by atoms with Gasteiger partial charge in [-0.25, -0.2) is 0 Å². The lowest BCUT2D eigenvalue weighted by Gasteiger charge is -2.22. The number of aryl methyl sites for hydroxylation is 2. The molecule has 1 N–H and O–H groups in total. The number of aliphatic hydroxyl groups is 1. The van der Waals surface area contributed by atoms with E-state index in [-0.39, 0.29) is 18.6 Å². The molecule has 2 heterocycles. The third kappa shape index (κ3) is 1.85. The lowest BCUT2D eigenvalue weighted by Crippen LogP contribution is -2.37. The highest BCUT2D eigenvalue weighted by Crippen LogP contribution is 2.22. The molecule has 0 saturated carbocycles. The van der Waals surface area contributed by atoms with Gasteiger partial charge >= 0.3 is 0 Å². The highest BCUT2D eigenvalue weighted by molar-refractivity contribution is 5.95. The highest BCUT2D eigenvalue weighted by Gasteiger charge is 2.30. The van der Waals surface area contributed by atoms with Gasteiger partial charge in [-0.1, -0.05) is 0 Å². The van der Waals surface area contributed by atoms with Crippen molar-refractivity contribution in [2.45, 2.75) is 32.7 Å². The summed E-state index contributed by atoms with van der Waals surface area (Å²) in [6, 6.07) is 1.74. The number of likely N-dealkylation sites (tertiary alicyclic amines) is 1.